The molecular weight excluding hydrogens is 849 g/mol. The first kappa shape index (κ1) is 53.5. The Balaban J connectivity index is 0.000000160. The quantitative estimate of drug-likeness (QED) is 0.0975. The van der Waals surface area contributed by atoms with E-state index in [2.05, 4.69) is 242 Å². The van der Waals surface area contributed by atoms with Crippen molar-refractivity contribution in [2.45, 2.75) is 151 Å². The SMILES string of the molecule is C.C=C1Cc2ccc(C(C)(C)C)cc2N1.CC(C)(C)c1ccc2cc[nH]c2c1.CC(C)(C)c1ccc2nc(CO)[nH]c2c1.CC(C)(C)c1ccc2nc[nH]c2c1.CC(C)(C)c1ccc2nc[nH]c2c1. The molecule has 0 fully saturated rings. The third kappa shape index (κ3) is 14.1. The van der Waals surface area contributed by atoms with E-state index in [9.17, 15) is 0 Å². The Morgan fingerprint density at radius 2 is 0.913 bits per heavy atom. The van der Waals surface area contributed by atoms with Gasteiger partial charge in [0.1, 0.15) is 12.4 Å². The summed E-state index contributed by atoms with van der Waals surface area (Å²) >= 11 is 0. The number of aliphatic hydroxyl groups excluding tert-OH is 1. The van der Waals surface area contributed by atoms with E-state index < -0.39 is 0 Å². The number of rotatable bonds is 1. The predicted molar refractivity (Wildman–Crippen MR) is 296 cm³/mol. The molecule has 9 nitrogen and oxygen atoms in total. The number of allylic oxidation sites excluding steroid dienone is 1. The van der Waals surface area contributed by atoms with Crippen LogP contribution in [-0.2, 0) is 40.1 Å². The molecule has 0 saturated carbocycles. The van der Waals surface area contributed by atoms with Crippen molar-refractivity contribution in [3.05, 3.63) is 167 Å². The summed E-state index contributed by atoms with van der Waals surface area (Å²) in [6, 6.07) is 34.3. The van der Waals surface area contributed by atoms with E-state index in [4.69, 9.17) is 5.11 Å². The highest BCUT2D eigenvalue weighted by atomic mass is 16.3. The Kier molecular flexibility index (Phi) is 16.3. The smallest absolute Gasteiger partial charge is 0.133 e. The number of anilines is 1. The van der Waals surface area contributed by atoms with Crippen molar-refractivity contribution in [1.29, 1.82) is 0 Å². The molecule has 10 rings (SSSR count). The molecule has 0 atom stereocenters. The molecule has 5 aromatic carbocycles. The number of hydrogen-bond acceptors (Lipinski definition) is 5. The van der Waals surface area contributed by atoms with Gasteiger partial charge in [0.15, 0.2) is 0 Å². The van der Waals surface area contributed by atoms with Gasteiger partial charge in [0, 0.05) is 29.5 Å². The fourth-order valence-corrected chi connectivity index (χ4v) is 7.70. The highest BCUT2D eigenvalue weighted by Crippen LogP contribution is 2.33. The molecule has 69 heavy (non-hydrogen) atoms. The molecule has 0 spiro atoms. The number of fused-ring (bicyclic) bond motifs is 5. The summed E-state index contributed by atoms with van der Waals surface area (Å²) in [7, 11) is 0. The third-order valence-electron chi connectivity index (χ3n) is 12.2. The average molecular weight is 929 g/mol. The molecule has 366 valence electrons. The molecule has 5 heterocycles. The molecular formula is C60H80N8O. The van der Waals surface area contributed by atoms with Crippen LogP contribution in [0, 0.1) is 0 Å². The molecule has 0 radical (unpaired) electrons. The predicted octanol–water partition coefficient (Wildman–Crippen LogP) is 15.6. The van der Waals surface area contributed by atoms with Gasteiger partial charge in [-0.1, -0.05) is 160 Å². The van der Waals surface area contributed by atoms with E-state index in [1.807, 2.05) is 12.3 Å². The Morgan fingerprint density at radius 3 is 1.39 bits per heavy atom. The molecule has 9 aromatic rings. The number of H-pyrrole nitrogens is 4. The number of aliphatic hydroxyl groups is 1. The zero-order valence-corrected chi connectivity index (χ0v) is 43.4. The van der Waals surface area contributed by atoms with Gasteiger partial charge in [-0.05, 0) is 120 Å². The topological polar surface area (TPSA) is 134 Å². The number of imidazole rings is 3. The van der Waals surface area contributed by atoms with Crippen molar-refractivity contribution in [1.82, 2.24) is 34.9 Å². The molecule has 0 bridgehead atoms. The van der Waals surface area contributed by atoms with Crippen LogP contribution in [0.3, 0.4) is 0 Å². The van der Waals surface area contributed by atoms with Gasteiger partial charge in [0.05, 0.1) is 45.8 Å². The van der Waals surface area contributed by atoms with E-state index in [1.165, 1.54) is 50.0 Å². The first-order chi connectivity index (χ1) is 31.7. The summed E-state index contributed by atoms with van der Waals surface area (Å²) in [6.07, 6.45) is 6.42. The van der Waals surface area contributed by atoms with Crippen molar-refractivity contribution in [2.24, 2.45) is 0 Å². The maximum Gasteiger partial charge on any atom is 0.133 e. The minimum atomic E-state index is -0.0421. The van der Waals surface area contributed by atoms with Gasteiger partial charge in [-0.3, -0.25) is 0 Å². The molecule has 0 saturated heterocycles. The van der Waals surface area contributed by atoms with Crippen LogP contribution >= 0.6 is 0 Å². The van der Waals surface area contributed by atoms with Crippen LogP contribution in [0.5, 0.6) is 0 Å². The lowest BCUT2D eigenvalue weighted by molar-refractivity contribution is 0.273. The molecule has 0 unspecified atom stereocenters. The molecule has 9 heteroatoms. The van der Waals surface area contributed by atoms with Gasteiger partial charge in [-0.2, -0.15) is 0 Å². The van der Waals surface area contributed by atoms with Crippen molar-refractivity contribution in [3.8, 4) is 0 Å². The van der Waals surface area contributed by atoms with Gasteiger partial charge in [0.2, 0.25) is 0 Å². The zero-order valence-electron chi connectivity index (χ0n) is 43.4. The fraction of sp³-hybridized carbons (Fsp3) is 0.383. The number of aromatic amines is 4. The van der Waals surface area contributed by atoms with Crippen molar-refractivity contribution in [2.75, 3.05) is 5.32 Å². The van der Waals surface area contributed by atoms with Crippen LogP contribution in [0.2, 0.25) is 0 Å². The lowest BCUT2D eigenvalue weighted by Crippen LogP contribution is -2.10. The van der Waals surface area contributed by atoms with E-state index >= 15 is 0 Å². The summed E-state index contributed by atoms with van der Waals surface area (Å²) in [5.41, 5.74) is 18.8. The van der Waals surface area contributed by atoms with Crippen LogP contribution in [-0.4, -0.2) is 40.0 Å². The van der Waals surface area contributed by atoms with E-state index in [1.54, 1.807) is 12.7 Å². The van der Waals surface area contributed by atoms with Gasteiger partial charge in [-0.25, -0.2) is 15.0 Å². The van der Waals surface area contributed by atoms with Gasteiger partial charge < -0.3 is 30.4 Å². The van der Waals surface area contributed by atoms with Gasteiger partial charge in [-0.15, -0.1) is 0 Å². The second kappa shape index (κ2) is 21.0. The molecule has 4 aromatic heterocycles. The van der Waals surface area contributed by atoms with Crippen LogP contribution in [0.15, 0.2) is 128 Å². The summed E-state index contributed by atoms with van der Waals surface area (Å²) in [4.78, 5) is 25.2. The van der Waals surface area contributed by atoms with E-state index in [-0.39, 0.29) is 41.1 Å². The first-order valence-electron chi connectivity index (χ1n) is 23.8. The average Bonchev–Trinajstić information content (AvgIpc) is 4.11. The minimum Gasteiger partial charge on any atom is -0.388 e. The number of nitrogens with zero attached hydrogens (tertiary/aromatic N) is 3. The van der Waals surface area contributed by atoms with Crippen LogP contribution in [0.4, 0.5) is 5.69 Å². The molecule has 0 aliphatic carbocycles. The molecule has 6 N–H and O–H groups in total. The maximum absolute atomic E-state index is 8.97. The van der Waals surface area contributed by atoms with E-state index in [0.29, 0.717) is 5.82 Å². The number of nitrogens with one attached hydrogen (secondary N) is 5. The normalized spacial score (nSPS) is 12.7. The highest BCUT2D eigenvalue weighted by molar-refractivity contribution is 5.80. The number of aromatic nitrogens is 7. The maximum atomic E-state index is 8.97. The minimum absolute atomic E-state index is 0. The second-order valence-electron chi connectivity index (χ2n) is 23.1. The van der Waals surface area contributed by atoms with Crippen LogP contribution in [0.25, 0.3) is 44.0 Å². The third-order valence-corrected chi connectivity index (χ3v) is 12.2. The van der Waals surface area contributed by atoms with Crippen molar-refractivity contribution < 1.29 is 5.11 Å². The molecule has 1 aliphatic heterocycles. The van der Waals surface area contributed by atoms with Crippen LogP contribution < -0.4 is 5.32 Å². The summed E-state index contributed by atoms with van der Waals surface area (Å²) < 4.78 is 0. The highest BCUT2D eigenvalue weighted by Gasteiger charge is 2.20. The Labute approximate surface area is 412 Å². The molecule has 0 amide bonds. The van der Waals surface area contributed by atoms with E-state index in [0.717, 1.165) is 45.2 Å². The van der Waals surface area contributed by atoms with Crippen molar-refractivity contribution in [3.63, 3.8) is 0 Å². The Morgan fingerprint density at radius 1 is 0.493 bits per heavy atom. The van der Waals surface area contributed by atoms with Gasteiger partial charge >= 0.3 is 0 Å². The summed E-state index contributed by atoms with van der Waals surface area (Å²) in [6.45, 7) is 37.1. The van der Waals surface area contributed by atoms with Crippen LogP contribution in [0.1, 0.15) is 150 Å². The van der Waals surface area contributed by atoms with Crippen molar-refractivity contribution >= 4 is 49.7 Å². The second-order valence-corrected chi connectivity index (χ2v) is 23.1. The summed E-state index contributed by atoms with van der Waals surface area (Å²) in [5, 5.41) is 13.6. The first-order valence-corrected chi connectivity index (χ1v) is 23.8. The lowest BCUT2D eigenvalue weighted by atomic mass is 9.86. The Hall–Kier alpha value is -6.45. The lowest BCUT2D eigenvalue weighted by Gasteiger charge is -2.19. The largest absolute Gasteiger partial charge is 0.388 e. The number of benzene rings is 5. The fourth-order valence-electron chi connectivity index (χ4n) is 7.70. The van der Waals surface area contributed by atoms with Gasteiger partial charge in [0.25, 0.3) is 0 Å². The zero-order chi connectivity index (χ0) is 49.8. The molecule has 1 aliphatic rings. The summed E-state index contributed by atoms with van der Waals surface area (Å²) in [5.74, 6) is 0.621. The number of hydrogen-bond donors (Lipinski definition) is 6. The Bertz CT molecular complexity index is 2900. The monoisotopic (exact) mass is 929 g/mol. The standard InChI is InChI=1S/C13H17N.C12H16N2O.C12H15N.2C11H14N2.CH4/c1-9-7-10-5-6-11(13(2,3)4)8-12(10)14-9;1-12(2,3)8-4-5-9-10(6-8)14-11(7-15)13-9;1-12(2,3)10-5-4-9-6-7-13-11(9)8-10;2*1-11(2,3)8-4-5-9-10(6-8)13-7-12-9;/h5-6,8,14H,1,7H2,2-4H3;4-6,15H,7H2,1-3H3,(H,13,14);4-8,13H,1-3H3;2*4-7H,1-3H3,(H,12,13);1H4.